The molecule has 5 atom stereocenters. The number of nitrogens with zero attached hydrogens (tertiary/aromatic N) is 4. The van der Waals surface area contributed by atoms with Gasteiger partial charge in [0.15, 0.2) is 0 Å². The van der Waals surface area contributed by atoms with E-state index in [1.165, 1.54) is 12.4 Å². The van der Waals surface area contributed by atoms with Crippen LogP contribution in [0.1, 0.15) is 24.4 Å². The molecule has 2 fully saturated rings. The zero-order chi connectivity index (χ0) is 23.1. The summed E-state index contributed by atoms with van der Waals surface area (Å²) in [5, 5.41) is 23.1. The van der Waals surface area contributed by atoms with Crippen LogP contribution in [0.3, 0.4) is 0 Å². The van der Waals surface area contributed by atoms with E-state index < -0.39 is 17.6 Å². The molecule has 6 rings (SSSR count). The Hall–Kier alpha value is -2.82. The number of hydrogen-bond acceptors (Lipinski definition) is 7. The van der Waals surface area contributed by atoms with Gasteiger partial charge in [0.05, 0.1) is 27.5 Å². The summed E-state index contributed by atoms with van der Waals surface area (Å²) < 4.78 is 17.2. The van der Waals surface area contributed by atoms with E-state index >= 15 is 0 Å². The summed E-state index contributed by atoms with van der Waals surface area (Å²) in [6.45, 7) is 0. The monoisotopic (exact) mass is 512 g/mol. The zero-order valence-electron chi connectivity index (χ0n) is 17.5. The lowest BCUT2D eigenvalue weighted by atomic mass is 9.91. The average Bonchev–Trinajstić information content (AvgIpc) is 3.27. The summed E-state index contributed by atoms with van der Waals surface area (Å²) in [6.07, 6.45) is 3.40. The van der Waals surface area contributed by atoms with Crippen molar-refractivity contribution < 1.29 is 14.6 Å². The lowest BCUT2D eigenvalue weighted by molar-refractivity contribution is -0.0191. The molecular weight excluding hydrogens is 491 g/mol. The van der Waals surface area contributed by atoms with Gasteiger partial charge in [0, 0.05) is 17.0 Å². The van der Waals surface area contributed by atoms with Crippen LogP contribution < -0.4 is 11.5 Å². The first-order valence-corrected chi connectivity index (χ1v) is 11.6. The number of benzene rings is 1. The molecule has 2 aliphatic carbocycles. The Labute approximate surface area is 196 Å². The first-order valence-electron chi connectivity index (χ1n) is 10.8. The third-order valence-electron chi connectivity index (χ3n) is 7.52. The predicted molar refractivity (Wildman–Crippen MR) is 126 cm³/mol. The highest BCUT2D eigenvalue weighted by molar-refractivity contribution is 9.10. The van der Waals surface area contributed by atoms with Crippen molar-refractivity contribution in [1.29, 1.82) is 0 Å². The minimum absolute atomic E-state index is 0.0873. The topological polar surface area (TPSA) is 136 Å². The summed E-state index contributed by atoms with van der Waals surface area (Å²) in [5.74, 6) is 0.416. The van der Waals surface area contributed by atoms with Crippen molar-refractivity contribution in [2.24, 2.45) is 11.3 Å². The molecule has 0 spiro atoms. The lowest BCUT2D eigenvalue weighted by Gasteiger charge is -2.24. The Balaban J connectivity index is 1.28. The SMILES string of the molecule is Nc1nc2cc(CC[C@]34C[C@@H]3[C@@H](n3ccc5c(N)ncnc53)[C@H](O)[C@@H]4O)cc(F)c2cc1Br. The fraction of sp³-hybridized carbons (Fsp3) is 0.348. The van der Waals surface area contributed by atoms with Crippen LogP contribution in [0.5, 0.6) is 0 Å². The zero-order valence-corrected chi connectivity index (χ0v) is 19.1. The van der Waals surface area contributed by atoms with Crippen LogP contribution in [0.15, 0.2) is 41.3 Å². The van der Waals surface area contributed by atoms with Gasteiger partial charge in [-0.15, -0.1) is 0 Å². The number of hydrogen-bond donors (Lipinski definition) is 4. The fourth-order valence-corrected chi connectivity index (χ4v) is 6.06. The van der Waals surface area contributed by atoms with Crippen molar-refractivity contribution in [3.05, 3.63) is 52.6 Å². The molecule has 3 heterocycles. The summed E-state index contributed by atoms with van der Waals surface area (Å²) in [4.78, 5) is 12.7. The molecule has 2 saturated carbocycles. The minimum atomic E-state index is -0.928. The normalized spacial score (nSPS) is 28.5. The maximum Gasteiger partial charge on any atom is 0.145 e. The van der Waals surface area contributed by atoms with Gasteiger partial charge in [-0.2, -0.15) is 0 Å². The molecule has 1 aromatic carbocycles. The van der Waals surface area contributed by atoms with Gasteiger partial charge in [-0.25, -0.2) is 19.3 Å². The second-order valence-electron chi connectivity index (χ2n) is 9.19. The number of aliphatic hydroxyl groups is 2. The Morgan fingerprint density at radius 2 is 1.97 bits per heavy atom. The summed E-state index contributed by atoms with van der Waals surface area (Å²) in [5.41, 5.74) is 13.3. The van der Waals surface area contributed by atoms with Gasteiger partial charge in [-0.05, 0) is 70.9 Å². The molecule has 170 valence electrons. The van der Waals surface area contributed by atoms with E-state index in [-0.39, 0.29) is 17.8 Å². The third kappa shape index (κ3) is 2.97. The van der Waals surface area contributed by atoms with E-state index in [1.807, 2.05) is 22.9 Å². The van der Waals surface area contributed by atoms with Crippen LogP contribution in [0.4, 0.5) is 16.0 Å². The van der Waals surface area contributed by atoms with Crippen molar-refractivity contribution in [2.75, 3.05) is 11.5 Å². The van der Waals surface area contributed by atoms with E-state index in [0.29, 0.717) is 45.5 Å². The maximum absolute atomic E-state index is 14.7. The molecule has 3 aromatic heterocycles. The van der Waals surface area contributed by atoms with E-state index in [2.05, 4.69) is 30.9 Å². The van der Waals surface area contributed by atoms with Crippen LogP contribution in [0.2, 0.25) is 0 Å². The first kappa shape index (κ1) is 20.8. The molecule has 0 aliphatic heterocycles. The molecule has 0 unspecified atom stereocenters. The number of aryl methyl sites for hydroxylation is 1. The van der Waals surface area contributed by atoms with Crippen LogP contribution in [-0.2, 0) is 6.42 Å². The molecule has 0 bridgehead atoms. The first-order chi connectivity index (χ1) is 15.8. The maximum atomic E-state index is 14.7. The molecule has 0 saturated heterocycles. The number of pyridine rings is 1. The Morgan fingerprint density at radius 1 is 1.15 bits per heavy atom. The van der Waals surface area contributed by atoms with Gasteiger partial charge in [0.1, 0.15) is 35.5 Å². The Bertz CT molecular complexity index is 1430. The number of rotatable bonds is 4. The number of fused-ring (bicyclic) bond motifs is 3. The predicted octanol–water partition coefficient (Wildman–Crippen LogP) is 2.96. The lowest BCUT2D eigenvalue weighted by Crippen LogP contribution is -2.34. The van der Waals surface area contributed by atoms with Crippen LogP contribution >= 0.6 is 15.9 Å². The second-order valence-corrected chi connectivity index (χ2v) is 10.0. The molecule has 2 aliphatic rings. The van der Waals surface area contributed by atoms with E-state index in [4.69, 9.17) is 11.5 Å². The van der Waals surface area contributed by atoms with Crippen molar-refractivity contribution in [1.82, 2.24) is 19.5 Å². The molecule has 0 amide bonds. The molecule has 0 radical (unpaired) electrons. The minimum Gasteiger partial charge on any atom is -0.390 e. The summed E-state index contributed by atoms with van der Waals surface area (Å²) >= 11 is 3.29. The molecular formula is C23H22BrFN6O2. The number of aliphatic hydroxyl groups excluding tert-OH is 2. The smallest absolute Gasteiger partial charge is 0.145 e. The molecule has 4 aromatic rings. The fourth-order valence-electron chi connectivity index (χ4n) is 5.74. The van der Waals surface area contributed by atoms with Crippen LogP contribution in [-0.4, -0.2) is 41.9 Å². The number of nitrogen functional groups attached to an aromatic ring is 2. The number of anilines is 2. The van der Waals surface area contributed by atoms with Crippen LogP contribution in [0, 0.1) is 17.2 Å². The number of nitrogens with two attached hydrogens (primary N) is 2. The molecule has 10 heteroatoms. The van der Waals surface area contributed by atoms with Gasteiger partial charge in [0.25, 0.3) is 0 Å². The highest BCUT2D eigenvalue weighted by Crippen LogP contribution is 2.69. The molecule has 6 N–H and O–H groups in total. The van der Waals surface area contributed by atoms with Gasteiger partial charge in [0.2, 0.25) is 0 Å². The number of halogens is 2. The highest BCUT2D eigenvalue weighted by Gasteiger charge is 2.70. The Morgan fingerprint density at radius 3 is 2.79 bits per heavy atom. The van der Waals surface area contributed by atoms with E-state index in [9.17, 15) is 14.6 Å². The van der Waals surface area contributed by atoms with Crippen molar-refractivity contribution >= 4 is 49.5 Å². The van der Waals surface area contributed by atoms with Gasteiger partial charge >= 0.3 is 0 Å². The summed E-state index contributed by atoms with van der Waals surface area (Å²) in [6, 6.07) is 6.50. The third-order valence-corrected chi connectivity index (χ3v) is 8.15. The second kappa shape index (κ2) is 7.09. The largest absolute Gasteiger partial charge is 0.390 e. The van der Waals surface area contributed by atoms with Gasteiger partial charge in [-0.3, -0.25) is 0 Å². The van der Waals surface area contributed by atoms with Gasteiger partial charge < -0.3 is 26.2 Å². The average molecular weight is 513 g/mol. The van der Waals surface area contributed by atoms with Crippen molar-refractivity contribution in [3.8, 4) is 0 Å². The molecule has 33 heavy (non-hydrogen) atoms. The quantitative estimate of drug-likeness (QED) is 0.330. The standard InChI is InChI=1S/C23H22BrFN6O2/c24-14-7-12-15(25)5-10(6-16(12)30-21(14)27)1-3-23-8-13(23)17(18(32)19(23)33)31-4-2-11-20(26)28-9-29-22(11)31/h2,4-7,9,13,17-19,32-33H,1,3,8H2,(H2,27,30)(H2,26,28,29)/t13-,17-,18+,19+,23+/m1/s1. The van der Waals surface area contributed by atoms with Crippen LogP contribution in [0.25, 0.3) is 21.9 Å². The highest BCUT2D eigenvalue weighted by atomic mass is 79.9. The van der Waals surface area contributed by atoms with E-state index in [1.54, 1.807) is 6.07 Å². The summed E-state index contributed by atoms with van der Waals surface area (Å²) in [7, 11) is 0. The van der Waals surface area contributed by atoms with Crippen molar-refractivity contribution in [2.45, 2.75) is 37.5 Å². The van der Waals surface area contributed by atoms with Crippen molar-refractivity contribution in [3.63, 3.8) is 0 Å². The van der Waals surface area contributed by atoms with E-state index in [0.717, 1.165) is 17.4 Å². The Kier molecular flexibility index (Phi) is 4.46. The molecule has 8 nitrogen and oxygen atoms in total. The number of aromatic nitrogens is 4. The van der Waals surface area contributed by atoms with Gasteiger partial charge in [-0.1, -0.05) is 0 Å².